The number of nitrogens with two attached hydrogens (primary N) is 1. The fourth-order valence-electron chi connectivity index (χ4n) is 1.81. The molecule has 0 bridgehead atoms. The third kappa shape index (κ3) is 2.86. The first-order chi connectivity index (χ1) is 8.58. The first-order valence-corrected chi connectivity index (χ1v) is 6.06. The number of pyridine rings is 1. The second-order valence-corrected chi connectivity index (χ2v) is 4.69. The van der Waals surface area contributed by atoms with Crippen LogP contribution < -0.4 is 5.73 Å². The van der Waals surface area contributed by atoms with Crippen molar-refractivity contribution >= 4 is 11.6 Å². The summed E-state index contributed by atoms with van der Waals surface area (Å²) < 4.78 is 13.7. The second-order valence-electron chi connectivity index (χ2n) is 4.28. The Labute approximate surface area is 111 Å². The van der Waals surface area contributed by atoms with Crippen molar-refractivity contribution < 1.29 is 4.39 Å². The van der Waals surface area contributed by atoms with E-state index < -0.39 is 5.82 Å². The number of hydrogen-bond donors (Lipinski definition) is 1. The minimum atomic E-state index is -0.401. The Morgan fingerprint density at radius 3 is 2.89 bits per heavy atom. The van der Waals surface area contributed by atoms with E-state index in [1.807, 2.05) is 19.1 Å². The zero-order chi connectivity index (χ0) is 13.1. The van der Waals surface area contributed by atoms with Crippen LogP contribution in [0.3, 0.4) is 0 Å². The molecule has 2 rings (SSSR count). The lowest BCUT2D eigenvalue weighted by molar-refractivity contribution is 0.590. The van der Waals surface area contributed by atoms with Crippen molar-refractivity contribution in [1.29, 1.82) is 0 Å². The van der Waals surface area contributed by atoms with Crippen LogP contribution in [0.15, 0.2) is 36.5 Å². The van der Waals surface area contributed by atoms with Gasteiger partial charge in [0.15, 0.2) is 0 Å². The molecule has 1 heterocycles. The molecule has 0 aliphatic rings. The van der Waals surface area contributed by atoms with E-state index in [2.05, 4.69) is 4.98 Å². The van der Waals surface area contributed by atoms with Crippen LogP contribution >= 0.6 is 11.6 Å². The van der Waals surface area contributed by atoms with Gasteiger partial charge < -0.3 is 5.73 Å². The van der Waals surface area contributed by atoms with Crippen molar-refractivity contribution in [1.82, 2.24) is 4.98 Å². The summed E-state index contributed by atoms with van der Waals surface area (Å²) in [7, 11) is 0. The summed E-state index contributed by atoms with van der Waals surface area (Å²) in [5, 5.41) is 0.122. The van der Waals surface area contributed by atoms with E-state index in [1.165, 1.54) is 6.07 Å². The van der Waals surface area contributed by atoms with Crippen LogP contribution in [0.25, 0.3) is 0 Å². The van der Waals surface area contributed by atoms with Gasteiger partial charge in [0.05, 0.1) is 16.8 Å². The summed E-state index contributed by atoms with van der Waals surface area (Å²) in [5.41, 5.74) is 8.40. The molecule has 2 aromatic rings. The molecule has 1 unspecified atom stereocenters. The molecule has 1 aromatic carbocycles. The maximum absolute atomic E-state index is 13.7. The molecule has 94 valence electrons. The molecule has 0 amide bonds. The van der Waals surface area contributed by atoms with Crippen LogP contribution in [0, 0.1) is 12.7 Å². The monoisotopic (exact) mass is 264 g/mol. The van der Waals surface area contributed by atoms with Gasteiger partial charge in [-0.3, -0.25) is 4.98 Å². The summed E-state index contributed by atoms with van der Waals surface area (Å²) in [6.45, 7) is 1.97. The Morgan fingerprint density at radius 1 is 1.39 bits per heavy atom. The van der Waals surface area contributed by atoms with Gasteiger partial charge in [0, 0.05) is 6.20 Å². The molecule has 0 saturated carbocycles. The highest BCUT2D eigenvalue weighted by Gasteiger charge is 2.13. The minimum absolute atomic E-state index is 0.122. The standard InChI is InChI=1S/C14H14ClFN2/c1-9-5-6-18-13(7-9)12(17)8-10-3-2-4-11(15)14(10)16/h2-7,12H,8,17H2,1H3. The van der Waals surface area contributed by atoms with Gasteiger partial charge in [0.25, 0.3) is 0 Å². The maximum atomic E-state index is 13.7. The van der Waals surface area contributed by atoms with Gasteiger partial charge in [-0.1, -0.05) is 23.7 Å². The van der Waals surface area contributed by atoms with E-state index in [0.29, 0.717) is 12.0 Å². The van der Waals surface area contributed by atoms with Crippen molar-refractivity contribution in [3.63, 3.8) is 0 Å². The summed E-state index contributed by atoms with van der Waals surface area (Å²) in [6, 6.07) is 8.41. The van der Waals surface area contributed by atoms with Crippen molar-refractivity contribution in [2.45, 2.75) is 19.4 Å². The van der Waals surface area contributed by atoms with Gasteiger partial charge in [-0.05, 0) is 42.7 Å². The molecular weight excluding hydrogens is 251 g/mol. The lowest BCUT2D eigenvalue weighted by atomic mass is 10.0. The molecule has 1 atom stereocenters. The molecule has 0 aliphatic heterocycles. The highest BCUT2D eigenvalue weighted by atomic mass is 35.5. The minimum Gasteiger partial charge on any atom is -0.322 e. The van der Waals surface area contributed by atoms with Crippen LogP contribution in [-0.4, -0.2) is 4.98 Å². The second kappa shape index (κ2) is 5.46. The molecule has 0 spiro atoms. The van der Waals surface area contributed by atoms with E-state index in [-0.39, 0.29) is 11.1 Å². The van der Waals surface area contributed by atoms with Crippen LogP contribution in [0.5, 0.6) is 0 Å². The zero-order valence-corrected chi connectivity index (χ0v) is 10.8. The maximum Gasteiger partial charge on any atom is 0.145 e. The Kier molecular flexibility index (Phi) is 3.94. The normalized spacial score (nSPS) is 12.4. The molecule has 18 heavy (non-hydrogen) atoms. The summed E-state index contributed by atoms with van der Waals surface area (Å²) >= 11 is 5.74. The highest BCUT2D eigenvalue weighted by molar-refractivity contribution is 6.30. The number of benzene rings is 1. The smallest absolute Gasteiger partial charge is 0.145 e. The lowest BCUT2D eigenvalue weighted by Gasteiger charge is -2.12. The average Bonchev–Trinajstić information content (AvgIpc) is 2.35. The molecule has 1 aromatic heterocycles. The third-order valence-corrected chi connectivity index (χ3v) is 3.08. The predicted octanol–water partition coefficient (Wildman–Crippen LogP) is 3.43. The van der Waals surface area contributed by atoms with Crippen molar-refractivity contribution in [3.8, 4) is 0 Å². The molecule has 0 radical (unpaired) electrons. The average molecular weight is 265 g/mol. The molecular formula is C14H14ClFN2. The number of nitrogens with zero attached hydrogens (tertiary/aromatic N) is 1. The largest absolute Gasteiger partial charge is 0.322 e. The van der Waals surface area contributed by atoms with Crippen LogP contribution in [0.1, 0.15) is 22.9 Å². The molecule has 0 saturated heterocycles. The van der Waals surface area contributed by atoms with E-state index in [1.54, 1.807) is 18.3 Å². The molecule has 0 aliphatic carbocycles. The Balaban J connectivity index is 2.21. The van der Waals surface area contributed by atoms with Gasteiger partial charge in [-0.15, -0.1) is 0 Å². The Hall–Kier alpha value is -1.45. The molecule has 2 nitrogen and oxygen atoms in total. The van der Waals surface area contributed by atoms with Crippen LogP contribution in [-0.2, 0) is 6.42 Å². The van der Waals surface area contributed by atoms with Gasteiger partial charge in [0.1, 0.15) is 5.82 Å². The summed E-state index contributed by atoms with van der Waals surface area (Å²) in [6.07, 6.45) is 2.09. The topological polar surface area (TPSA) is 38.9 Å². The fourth-order valence-corrected chi connectivity index (χ4v) is 2.00. The van der Waals surface area contributed by atoms with Crippen molar-refractivity contribution in [3.05, 3.63) is 64.2 Å². The van der Waals surface area contributed by atoms with Gasteiger partial charge >= 0.3 is 0 Å². The van der Waals surface area contributed by atoms with E-state index in [0.717, 1.165) is 11.3 Å². The van der Waals surface area contributed by atoms with E-state index >= 15 is 0 Å². The number of aryl methyl sites for hydroxylation is 1. The molecule has 4 heteroatoms. The highest BCUT2D eigenvalue weighted by Crippen LogP contribution is 2.22. The molecule has 2 N–H and O–H groups in total. The molecule has 0 fully saturated rings. The van der Waals surface area contributed by atoms with Gasteiger partial charge in [-0.2, -0.15) is 0 Å². The summed E-state index contributed by atoms with van der Waals surface area (Å²) in [5.74, 6) is -0.401. The summed E-state index contributed by atoms with van der Waals surface area (Å²) in [4.78, 5) is 4.21. The lowest BCUT2D eigenvalue weighted by Crippen LogP contribution is -2.15. The number of halogens is 2. The quantitative estimate of drug-likeness (QED) is 0.923. The first kappa shape index (κ1) is 13.0. The SMILES string of the molecule is Cc1ccnc(C(N)Cc2cccc(Cl)c2F)c1. The number of hydrogen-bond acceptors (Lipinski definition) is 2. The van der Waals surface area contributed by atoms with E-state index in [4.69, 9.17) is 17.3 Å². The van der Waals surface area contributed by atoms with Crippen molar-refractivity contribution in [2.24, 2.45) is 5.73 Å². The van der Waals surface area contributed by atoms with Crippen LogP contribution in [0.2, 0.25) is 5.02 Å². The fraction of sp³-hybridized carbons (Fsp3) is 0.214. The Morgan fingerprint density at radius 2 is 2.17 bits per heavy atom. The van der Waals surface area contributed by atoms with E-state index in [9.17, 15) is 4.39 Å². The number of aromatic nitrogens is 1. The van der Waals surface area contributed by atoms with Crippen LogP contribution in [0.4, 0.5) is 4.39 Å². The van der Waals surface area contributed by atoms with Gasteiger partial charge in [0.2, 0.25) is 0 Å². The Bertz CT molecular complexity index is 557. The number of rotatable bonds is 3. The predicted molar refractivity (Wildman–Crippen MR) is 71.0 cm³/mol. The first-order valence-electron chi connectivity index (χ1n) is 5.69. The third-order valence-electron chi connectivity index (χ3n) is 2.79. The van der Waals surface area contributed by atoms with Crippen molar-refractivity contribution in [2.75, 3.05) is 0 Å². The van der Waals surface area contributed by atoms with Gasteiger partial charge in [-0.25, -0.2) is 4.39 Å². The zero-order valence-electron chi connectivity index (χ0n) is 10.0.